The Kier molecular flexibility index (Phi) is 4.70. The van der Waals surface area contributed by atoms with E-state index < -0.39 is 0 Å². The standard InChI is InChI=1S/C19H24N4O2/c24-19(23-9-4-3-7-17(23)15-11-21-22-12-15)20-13-18-16-6-2-1-5-14(16)8-10-25-18/h1-2,5-6,11-12,17-18H,3-4,7-10,13H2,(H,20,24)(H,21,22). The molecular formula is C19H24N4O2. The molecule has 2 amide bonds. The van der Waals surface area contributed by atoms with E-state index in [9.17, 15) is 4.79 Å². The molecule has 2 unspecified atom stereocenters. The first-order valence-electron chi connectivity index (χ1n) is 9.05. The molecule has 6 nitrogen and oxygen atoms in total. The maximum absolute atomic E-state index is 12.8. The number of nitrogens with one attached hydrogen (secondary N) is 2. The summed E-state index contributed by atoms with van der Waals surface area (Å²) in [4.78, 5) is 14.7. The number of hydrogen-bond acceptors (Lipinski definition) is 3. The fourth-order valence-corrected chi connectivity index (χ4v) is 3.89. The average Bonchev–Trinajstić information content (AvgIpc) is 3.21. The first-order valence-corrected chi connectivity index (χ1v) is 9.05. The Balaban J connectivity index is 1.42. The summed E-state index contributed by atoms with van der Waals surface area (Å²) in [7, 11) is 0. The number of carbonyl (C=O) groups excluding carboxylic acids is 1. The quantitative estimate of drug-likeness (QED) is 0.902. The van der Waals surface area contributed by atoms with E-state index in [4.69, 9.17) is 4.74 Å². The van der Waals surface area contributed by atoms with E-state index in [-0.39, 0.29) is 18.2 Å². The van der Waals surface area contributed by atoms with Crippen molar-refractivity contribution >= 4 is 6.03 Å². The summed E-state index contributed by atoms with van der Waals surface area (Å²) < 4.78 is 5.89. The van der Waals surface area contributed by atoms with Crippen molar-refractivity contribution in [2.45, 2.75) is 37.8 Å². The molecule has 0 radical (unpaired) electrons. The van der Waals surface area contributed by atoms with Crippen LogP contribution in [0.5, 0.6) is 0 Å². The second-order valence-corrected chi connectivity index (χ2v) is 6.73. The van der Waals surface area contributed by atoms with Gasteiger partial charge in [0.2, 0.25) is 0 Å². The summed E-state index contributed by atoms with van der Waals surface area (Å²) in [5.41, 5.74) is 3.59. The fraction of sp³-hybridized carbons (Fsp3) is 0.474. The van der Waals surface area contributed by atoms with Gasteiger partial charge in [0.05, 0.1) is 18.8 Å². The Morgan fingerprint density at radius 2 is 2.28 bits per heavy atom. The maximum Gasteiger partial charge on any atom is 0.318 e. The van der Waals surface area contributed by atoms with Gasteiger partial charge in [-0.1, -0.05) is 24.3 Å². The number of fused-ring (bicyclic) bond motifs is 1. The number of urea groups is 1. The smallest absolute Gasteiger partial charge is 0.318 e. The highest BCUT2D eigenvalue weighted by Gasteiger charge is 2.29. The first kappa shape index (κ1) is 16.1. The molecule has 1 saturated heterocycles. The molecule has 4 rings (SSSR count). The zero-order valence-electron chi connectivity index (χ0n) is 14.3. The van der Waals surface area contributed by atoms with Crippen LogP contribution in [0.2, 0.25) is 0 Å². The third kappa shape index (κ3) is 3.39. The van der Waals surface area contributed by atoms with Crippen molar-refractivity contribution in [3.63, 3.8) is 0 Å². The fourth-order valence-electron chi connectivity index (χ4n) is 3.89. The molecule has 1 aromatic heterocycles. The Bertz CT molecular complexity index is 716. The summed E-state index contributed by atoms with van der Waals surface area (Å²) in [5.74, 6) is 0. The highest BCUT2D eigenvalue weighted by Crippen LogP contribution is 2.31. The summed E-state index contributed by atoms with van der Waals surface area (Å²) >= 11 is 0. The van der Waals surface area contributed by atoms with Crippen LogP contribution in [0.15, 0.2) is 36.7 Å². The summed E-state index contributed by atoms with van der Waals surface area (Å²) in [5, 5.41) is 9.97. The van der Waals surface area contributed by atoms with Crippen LogP contribution in [-0.4, -0.2) is 40.8 Å². The molecule has 2 aromatic rings. The van der Waals surface area contributed by atoms with Gasteiger partial charge in [-0.25, -0.2) is 4.79 Å². The second-order valence-electron chi connectivity index (χ2n) is 6.73. The van der Waals surface area contributed by atoms with Crippen LogP contribution in [-0.2, 0) is 11.2 Å². The zero-order chi connectivity index (χ0) is 17.1. The van der Waals surface area contributed by atoms with Crippen molar-refractivity contribution in [1.29, 1.82) is 0 Å². The highest BCUT2D eigenvalue weighted by molar-refractivity contribution is 5.75. The monoisotopic (exact) mass is 340 g/mol. The topological polar surface area (TPSA) is 70.2 Å². The molecule has 132 valence electrons. The molecule has 3 heterocycles. The number of likely N-dealkylation sites (tertiary alicyclic amines) is 1. The molecule has 1 aromatic carbocycles. The molecule has 2 aliphatic heterocycles. The van der Waals surface area contributed by atoms with E-state index in [1.165, 1.54) is 11.1 Å². The molecule has 6 heteroatoms. The SMILES string of the molecule is O=C(NCC1OCCc2ccccc21)N1CCCCC1c1cn[nH]c1. The second kappa shape index (κ2) is 7.27. The summed E-state index contributed by atoms with van der Waals surface area (Å²) in [6, 6.07) is 8.42. The number of benzene rings is 1. The van der Waals surface area contributed by atoms with Gasteiger partial charge in [0.15, 0.2) is 0 Å². The number of aromatic amines is 1. The lowest BCUT2D eigenvalue weighted by molar-refractivity contribution is 0.0422. The average molecular weight is 340 g/mol. The van der Waals surface area contributed by atoms with Crippen LogP contribution in [0.25, 0.3) is 0 Å². The minimum Gasteiger partial charge on any atom is -0.371 e. The van der Waals surface area contributed by atoms with Crippen LogP contribution in [0.1, 0.15) is 48.1 Å². The van der Waals surface area contributed by atoms with Gasteiger partial charge in [0.1, 0.15) is 6.10 Å². The van der Waals surface area contributed by atoms with Crippen LogP contribution in [0.4, 0.5) is 4.79 Å². The van der Waals surface area contributed by atoms with E-state index in [1.54, 1.807) is 0 Å². The summed E-state index contributed by atoms with van der Waals surface area (Å²) in [6.45, 7) is 1.99. The molecule has 0 saturated carbocycles. The predicted molar refractivity (Wildman–Crippen MR) is 94.1 cm³/mol. The summed E-state index contributed by atoms with van der Waals surface area (Å²) in [6.07, 6.45) is 7.74. The van der Waals surface area contributed by atoms with E-state index in [0.29, 0.717) is 13.2 Å². The highest BCUT2D eigenvalue weighted by atomic mass is 16.5. The molecule has 2 N–H and O–H groups in total. The number of H-pyrrole nitrogens is 1. The zero-order valence-corrected chi connectivity index (χ0v) is 14.3. The van der Waals surface area contributed by atoms with Crippen molar-refractivity contribution in [2.24, 2.45) is 0 Å². The van der Waals surface area contributed by atoms with Gasteiger partial charge in [-0.05, 0) is 36.8 Å². The van der Waals surface area contributed by atoms with Gasteiger partial charge < -0.3 is 15.0 Å². The molecule has 0 bridgehead atoms. The molecule has 25 heavy (non-hydrogen) atoms. The Morgan fingerprint density at radius 3 is 3.16 bits per heavy atom. The van der Waals surface area contributed by atoms with Crippen LogP contribution in [0, 0.1) is 0 Å². The lowest BCUT2D eigenvalue weighted by Crippen LogP contribution is -2.46. The number of amides is 2. The number of piperidine rings is 1. The van der Waals surface area contributed by atoms with Gasteiger partial charge in [-0.2, -0.15) is 5.10 Å². The van der Waals surface area contributed by atoms with Crippen LogP contribution < -0.4 is 5.32 Å². The van der Waals surface area contributed by atoms with Gasteiger partial charge in [-0.3, -0.25) is 5.10 Å². The van der Waals surface area contributed by atoms with Crippen molar-refractivity contribution < 1.29 is 9.53 Å². The number of ether oxygens (including phenoxy) is 1. The minimum atomic E-state index is -0.0638. The van der Waals surface area contributed by atoms with E-state index in [2.05, 4.69) is 33.7 Å². The maximum atomic E-state index is 12.8. The first-order chi connectivity index (χ1) is 12.3. The van der Waals surface area contributed by atoms with Crippen LogP contribution in [0.3, 0.4) is 0 Å². The molecule has 2 atom stereocenters. The normalized spacial score (nSPS) is 23.1. The van der Waals surface area contributed by atoms with Gasteiger partial charge >= 0.3 is 6.03 Å². The number of hydrogen-bond donors (Lipinski definition) is 2. The van der Waals surface area contributed by atoms with Gasteiger partial charge in [-0.15, -0.1) is 0 Å². The number of nitrogens with zero attached hydrogens (tertiary/aromatic N) is 2. The lowest BCUT2D eigenvalue weighted by atomic mass is 9.97. The third-order valence-corrected chi connectivity index (χ3v) is 5.20. The molecule has 2 aliphatic rings. The van der Waals surface area contributed by atoms with Crippen molar-refractivity contribution in [3.05, 3.63) is 53.3 Å². The Morgan fingerprint density at radius 1 is 1.36 bits per heavy atom. The predicted octanol–water partition coefficient (Wildman–Crippen LogP) is 2.96. The number of aromatic nitrogens is 2. The van der Waals surface area contributed by atoms with Gasteiger partial charge in [0.25, 0.3) is 0 Å². The number of carbonyl (C=O) groups is 1. The van der Waals surface area contributed by atoms with Crippen molar-refractivity contribution in [3.8, 4) is 0 Å². The van der Waals surface area contributed by atoms with Crippen LogP contribution >= 0.6 is 0 Å². The lowest BCUT2D eigenvalue weighted by Gasteiger charge is -2.36. The van der Waals surface area contributed by atoms with Crippen molar-refractivity contribution in [2.75, 3.05) is 19.7 Å². The number of rotatable bonds is 3. The molecule has 1 fully saturated rings. The third-order valence-electron chi connectivity index (χ3n) is 5.20. The van der Waals surface area contributed by atoms with Crippen molar-refractivity contribution in [1.82, 2.24) is 20.4 Å². The van der Waals surface area contributed by atoms with E-state index in [1.807, 2.05) is 23.4 Å². The van der Waals surface area contributed by atoms with E-state index in [0.717, 1.165) is 37.8 Å². The largest absolute Gasteiger partial charge is 0.371 e. The minimum absolute atomic E-state index is 0.0162. The van der Waals surface area contributed by atoms with E-state index >= 15 is 0 Å². The Hall–Kier alpha value is -2.34. The Labute approximate surface area is 147 Å². The van der Waals surface area contributed by atoms with Gasteiger partial charge in [0, 0.05) is 24.8 Å². The molecular weight excluding hydrogens is 316 g/mol. The molecule has 0 aliphatic carbocycles. The molecule has 0 spiro atoms.